The summed E-state index contributed by atoms with van der Waals surface area (Å²) in [6.07, 6.45) is 3.55. The molecular weight excluding hydrogens is 342 g/mol. The van der Waals surface area contributed by atoms with E-state index < -0.39 is 5.54 Å². The average molecular weight is 368 g/mol. The van der Waals surface area contributed by atoms with Gasteiger partial charge in [-0.1, -0.05) is 18.2 Å². The van der Waals surface area contributed by atoms with Crippen molar-refractivity contribution in [1.29, 1.82) is 0 Å². The van der Waals surface area contributed by atoms with Gasteiger partial charge in [-0.05, 0) is 60.7 Å². The van der Waals surface area contributed by atoms with Crippen LogP contribution >= 0.6 is 0 Å². The lowest BCUT2D eigenvalue weighted by Gasteiger charge is -2.27. The highest BCUT2D eigenvalue weighted by atomic mass is 16.5. The van der Waals surface area contributed by atoms with Crippen LogP contribution in [0.15, 0.2) is 36.4 Å². The first-order valence-corrected chi connectivity index (χ1v) is 9.57. The van der Waals surface area contributed by atoms with Crippen LogP contribution in [0.1, 0.15) is 31.7 Å². The maximum atomic E-state index is 13.2. The number of nitrogens with zero attached hydrogens (tertiary/aromatic N) is 1. The molecule has 0 bridgehead atoms. The number of ether oxygens (including phenoxy) is 1. The Balaban J connectivity index is 1.61. The largest absolute Gasteiger partial charge is 0.497 e. The number of imide groups is 1. The van der Waals surface area contributed by atoms with Gasteiger partial charge in [-0.3, -0.25) is 4.79 Å². The average Bonchev–Trinajstić information content (AvgIpc) is 2.92. The number of benzene rings is 2. The summed E-state index contributed by atoms with van der Waals surface area (Å²) in [6.45, 7) is 4.28. The van der Waals surface area contributed by atoms with E-state index in [-0.39, 0.29) is 11.9 Å². The molecule has 2 saturated heterocycles. The van der Waals surface area contributed by atoms with Gasteiger partial charge in [0.2, 0.25) is 0 Å². The predicted molar refractivity (Wildman–Crippen MR) is 103 cm³/mol. The number of carbonyl (C=O) groups excluding carboxylic acids is 2. The number of urea groups is 1. The van der Waals surface area contributed by atoms with E-state index in [4.69, 9.17) is 4.74 Å². The lowest BCUT2D eigenvalue weighted by atomic mass is 9.90. The Morgan fingerprint density at radius 3 is 2.52 bits per heavy atom. The molecule has 2 aliphatic heterocycles. The summed E-state index contributed by atoms with van der Waals surface area (Å²) >= 11 is 0. The summed E-state index contributed by atoms with van der Waals surface area (Å²) in [6, 6.07) is 11.4. The predicted octanol–water partition coefficient (Wildman–Crippen LogP) is 1.64. The summed E-state index contributed by atoms with van der Waals surface area (Å²) < 4.78 is 5.27. The second-order valence-electron chi connectivity index (χ2n) is 7.68. The maximum absolute atomic E-state index is 13.2. The van der Waals surface area contributed by atoms with Crippen LogP contribution in [0.2, 0.25) is 0 Å². The van der Waals surface area contributed by atoms with Gasteiger partial charge < -0.3 is 15.0 Å². The van der Waals surface area contributed by atoms with E-state index in [2.05, 4.69) is 5.32 Å². The monoisotopic (exact) mass is 368 g/mol. The zero-order chi connectivity index (χ0) is 19.0. The van der Waals surface area contributed by atoms with Crippen LogP contribution in [-0.2, 0) is 10.3 Å². The number of methoxy groups -OCH3 is 1. The van der Waals surface area contributed by atoms with Gasteiger partial charge in [-0.15, -0.1) is 0 Å². The number of piperidine rings is 1. The normalized spacial score (nSPS) is 23.7. The molecule has 0 spiro atoms. The number of amides is 3. The molecule has 3 amide bonds. The fourth-order valence-electron chi connectivity index (χ4n) is 4.13. The number of rotatable bonds is 4. The van der Waals surface area contributed by atoms with Gasteiger partial charge in [-0.25, -0.2) is 9.69 Å². The zero-order valence-corrected chi connectivity index (χ0v) is 15.9. The molecule has 27 heavy (non-hydrogen) atoms. The van der Waals surface area contributed by atoms with E-state index in [9.17, 15) is 9.59 Å². The smallest absolute Gasteiger partial charge is 0.329 e. The number of hydrogen-bond acceptors (Lipinski definition) is 3. The van der Waals surface area contributed by atoms with Gasteiger partial charge in [0.05, 0.1) is 20.2 Å². The lowest BCUT2D eigenvalue weighted by Crippen LogP contribution is -3.14. The van der Waals surface area contributed by atoms with Crippen LogP contribution in [0.25, 0.3) is 10.8 Å². The topological polar surface area (TPSA) is 63.1 Å². The fourth-order valence-corrected chi connectivity index (χ4v) is 4.13. The number of quaternary nitrogens is 1. The molecule has 0 aromatic heterocycles. The van der Waals surface area contributed by atoms with Crippen molar-refractivity contribution in [2.45, 2.75) is 31.7 Å². The number of nitrogens with one attached hydrogen (secondary N) is 2. The first-order valence-electron chi connectivity index (χ1n) is 9.57. The SMILES string of the molecule is COc1ccc2cc([C@]3(C)NC(=O)N(C[NH+]4CCCCC4)C3=O)ccc2c1. The van der Waals surface area contributed by atoms with Crippen molar-refractivity contribution < 1.29 is 19.2 Å². The Labute approximate surface area is 159 Å². The van der Waals surface area contributed by atoms with Gasteiger partial charge in [0, 0.05) is 0 Å². The third-order valence-corrected chi connectivity index (χ3v) is 5.84. The van der Waals surface area contributed by atoms with Crippen molar-refractivity contribution in [2.24, 2.45) is 0 Å². The van der Waals surface area contributed by atoms with Gasteiger partial charge in [0.25, 0.3) is 5.91 Å². The summed E-state index contributed by atoms with van der Waals surface area (Å²) in [5.41, 5.74) is -0.227. The summed E-state index contributed by atoms with van der Waals surface area (Å²) in [5, 5.41) is 4.97. The van der Waals surface area contributed by atoms with Crippen LogP contribution in [0.4, 0.5) is 4.79 Å². The number of carbonyl (C=O) groups is 2. The highest BCUT2D eigenvalue weighted by Gasteiger charge is 2.50. The van der Waals surface area contributed by atoms with Crippen molar-refractivity contribution >= 4 is 22.7 Å². The van der Waals surface area contributed by atoms with Gasteiger partial charge in [0.1, 0.15) is 11.3 Å². The Morgan fingerprint density at radius 2 is 1.78 bits per heavy atom. The Bertz CT molecular complexity index is 891. The molecule has 0 saturated carbocycles. The second-order valence-corrected chi connectivity index (χ2v) is 7.68. The van der Waals surface area contributed by atoms with Crippen molar-refractivity contribution in [3.63, 3.8) is 0 Å². The maximum Gasteiger partial charge on any atom is 0.329 e. The van der Waals surface area contributed by atoms with E-state index in [1.165, 1.54) is 16.2 Å². The van der Waals surface area contributed by atoms with Gasteiger partial charge in [0.15, 0.2) is 6.67 Å². The molecule has 0 radical (unpaired) electrons. The minimum Gasteiger partial charge on any atom is -0.497 e. The molecule has 6 nitrogen and oxygen atoms in total. The van der Waals surface area contributed by atoms with Crippen molar-refractivity contribution in [3.8, 4) is 5.75 Å². The van der Waals surface area contributed by atoms with Crippen LogP contribution in [0.5, 0.6) is 5.75 Å². The summed E-state index contributed by atoms with van der Waals surface area (Å²) in [7, 11) is 1.64. The molecule has 2 heterocycles. The number of hydrogen-bond donors (Lipinski definition) is 2. The molecule has 6 heteroatoms. The molecule has 1 atom stereocenters. The van der Waals surface area contributed by atoms with Crippen molar-refractivity contribution in [1.82, 2.24) is 10.2 Å². The van der Waals surface area contributed by atoms with Gasteiger partial charge in [-0.2, -0.15) is 0 Å². The first kappa shape index (κ1) is 17.8. The molecule has 4 rings (SSSR count). The highest BCUT2D eigenvalue weighted by molar-refractivity contribution is 6.07. The Hall–Kier alpha value is -2.60. The summed E-state index contributed by atoms with van der Waals surface area (Å²) in [5.74, 6) is 0.626. The van der Waals surface area contributed by atoms with E-state index in [1.54, 1.807) is 14.0 Å². The minimum atomic E-state index is -1.03. The number of likely N-dealkylation sites (tertiary alicyclic amines) is 1. The molecule has 2 fully saturated rings. The van der Waals surface area contributed by atoms with Crippen molar-refractivity contribution in [3.05, 3.63) is 42.0 Å². The van der Waals surface area contributed by atoms with Crippen LogP contribution in [0, 0.1) is 0 Å². The van der Waals surface area contributed by atoms with Gasteiger partial charge >= 0.3 is 6.03 Å². The standard InChI is InChI=1S/C21H25N3O3/c1-21(17-8-6-16-13-18(27-2)9-7-15(16)12-17)19(25)24(20(26)22-21)14-23-10-4-3-5-11-23/h6-9,12-13H,3-5,10-11,14H2,1-2H3,(H,22,26)/p+1/t21-/m0/s1. The highest BCUT2D eigenvalue weighted by Crippen LogP contribution is 2.31. The molecule has 2 aliphatic rings. The van der Waals surface area contributed by atoms with Crippen molar-refractivity contribution in [2.75, 3.05) is 26.9 Å². The molecule has 2 N–H and O–H groups in total. The van der Waals surface area contributed by atoms with E-state index >= 15 is 0 Å². The second kappa shape index (κ2) is 6.85. The van der Waals surface area contributed by atoms with E-state index in [0.717, 1.165) is 48.0 Å². The quantitative estimate of drug-likeness (QED) is 0.807. The third kappa shape index (κ3) is 3.14. The fraction of sp³-hybridized carbons (Fsp3) is 0.429. The molecule has 142 valence electrons. The Kier molecular flexibility index (Phi) is 4.52. The molecule has 0 unspecified atom stereocenters. The number of fused-ring (bicyclic) bond motifs is 1. The molecule has 2 aromatic carbocycles. The lowest BCUT2D eigenvalue weighted by molar-refractivity contribution is -0.912. The molecule has 0 aliphatic carbocycles. The zero-order valence-electron chi connectivity index (χ0n) is 15.9. The van der Waals surface area contributed by atoms with E-state index in [0.29, 0.717) is 6.67 Å². The third-order valence-electron chi connectivity index (χ3n) is 5.84. The van der Waals surface area contributed by atoms with Crippen LogP contribution < -0.4 is 15.0 Å². The minimum absolute atomic E-state index is 0.168. The Morgan fingerprint density at radius 1 is 1.07 bits per heavy atom. The molecule has 2 aromatic rings. The van der Waals surface area contributed by atoms with Crippen LogP contribution in [-0.4, -0.2) is 43.7 Å². The molecular formula is C21H26N3O3+. The first-order chi connectivity index (χ1) is 13.0. The van der Waals surface area contributed by atoms with E-state index in [1.807, 2.05) is 36.4 Å². The summed E-state index contributed by atoms with van der Waals surface area (Å²) in [4.78, 5) is 28.4. The van der Waals surface area contributed by atoms with Crippen LogP contribution in [0.3, 0.4) is 0 Å².